The number of hydrogen-bond acceptors (Lipinski definition) is 3. The molecule has 0 aliphatic heterocycles. The van der Waals surface area contributed by atoms with E-state index in [1.54, 1.807) is 7.11 Å². The summed E-state index contributed by atoms with van der Waals surface area (Å²) in [4.78, 5) is 0. The minimum atomic E-state index is 0.0687. The molecule has 1 fully saturated rings. The van der Waals surface area contributed by atoms with Crippen molar-refractivity contribution in [2.24, 2.45) is 0 Å². The fraction of sp³-hybridized carbons (Fsp3) is 1.00. The average molecular weight is 257 g/mol. The molecule has 0 radical (unpaired) electrons. The fourth-order valence-corrected chi connectivity index (χ4v) is 2.49. The van der Waals surface area contributed by atoms with Crippen LogP contribution in [0, 0.1) is 0 Å². The molecular formula is C15H31NO2. The molecule has 3 heteroatoms. The molecule has 0 unspecified atom stereocenters. The molecule has 0 atom stereocenters. The van der Waals surface area contributed by atoms with Gasteiger partial charge in [-0.2, -0.15) is 0 Å². The lowest BCUT2D eigenvalue weighted by Crippen LogP contribution is -2.50. The van der Waals surface area contributed by atoms with Crippen LogP contribution in [-0.2, 0) is 9.47 Å². The van der Waals surface area contributed by atoms with E-state index in [0.29, 0.717) is 0 Å². The van der Waals surface area contributed by atoms with E-state index >= 15 is 0 Å². The first-order valence-electron chi connectivity index (χ1n) is 7.35. The van der Waals surface area contributed by atoms with Crippen LogP contribution in [0.2, 0.25) is 0 Å². The van der Waals surface area contributed by atoms with Crippen LogP contribution < -0.4 is 5.32 Å². The number of methoxy groups -OCH3 is 1. The van der Waals surface area contributed by atoms with Gasteiger partial charge >= 0.3 is 0 Å². The molecule has 108 valence electrons. The van der Waals surface area contributed by atoms with Crippen molar-refractivity contribution in [2.75, 3.05) is 26.9 Å². The van der Waals surface area contributed by atoms with Gasteiger partial charge in [-0.15, -0.1) is 0 Å². The Morgan fingerprint density at radius 3 is 2.28 bits per heavy atom. The summed E-state index contributed by atoms with van der Waals surface area (Å²) in [5.41, 5.74) is 0.236. The second-order valence-electron chi connectivity index (χ2n) is 6.54. The predicted molar refractivity (Wildman–Crippen MR) is 76.0 cm³/mol. The van der Waals surface area contributed by atoms with Crippen molar-refractivity contribution >= 4 is 0 Å². The van der Waals surface area contributed by atoms with Gasteiger partial charge < -0.3 is 14.8 Å². The number of ether oxygens (including phenoxy) is 2. The van der Waals surface area contributed by atoms with Crippen LogP contribution in [0.1, 0.15) is 59.3 Å². The van der Waals surface area contributed by atoms with E-state index in [0.717, 1.165) is 26.2 Å². The van der Waals surface area contributed by atoms with Gasteiger partial charge in [0.25, 0.3) is 0 Å². The average Bonchev–Trinajstić information content (AvgIpc) is 2.33. The minimum Gasteiger partial charge on any atom is -0.385 e. The first kappa shape index (κ1) is 15.9. The molecule has 0 spiro atoms. The van der Waals surface area contributed by atoms with E-state index in [1.165, 1.54) is 32.1 Å². The molecule has 0 saturated heterocycles. The smallest absolute Gasteiger partial charge is 0.0806 e. The van der Waals surface area contributed by atoms with Crippen molar-refractivity contribution in [3.8, 4) is 0 Å². The molecule has 0 heterocycles. The summed E-state index contributed by atoms with van der Waals surface area (Å²) in [5.74, 6) is 0. The minimum absolute atomic E-state index is 0.0687. The molecule has 0 bridgehead atoms. The van der Waals surface area contributed by atoms with E-state index in [-0.39, 0.29) is 11.1 Å². The summed E-state index contributed by atoms with van der Waals surface area (Å²) in [7, 11) is 1.75. The van der Waals surface area contributed by atoms with Gasteiger partial charge in [-0.1, -0.05) is 19.3 Å². The molecule has 18 heavy (non-hydrogen) atoms. The Morgan fingerprint density at radius 2 is 1.72 bits per heavy atom. The zero-order valence-electron chi connectivity index (χ0n) is 12.7. The Balaban J connectivity index is 2.41. The zero-order valence-corrected chi connectivity index (χ0v) is 12.7. The number of rotatable bonds is 7. The summed E-state index contributed by atoms with van der Waals surface area (Å²) in [5, 5.41) is 3.62. The highest BCUT2D eigenvalue weighted by atomic mass is 16.5. The molecule has 3 nitrogen and oxygen atoms in total. The van der Waals surface area contributed by atoms with Crippen LogP contribution in [0.15, 0.2) is 0 Å². The molecule has 1 rings (SSSR count). The van der Waals surface area contributed by atoms with Crippen molar-refractivity contribution in [3.63, 3.8) is 0 Å². The Hall–Kier alpha value is -0.120. The van der Waals surface area contributed by atoms with E-state index < -0.39 is 0 Å². The van der Waals surface area contributed by atoms with Gasteiger partial charge in [0.15, 0.2) is 0 Å². The molecule has 1 aliphatic rings. The lowest BCUT2D eigenvalue weighted by atomic mass is 9.84. The number of hydrogen-bond donors (Lipinski definition) is 1. The van der Waals surface area contributed by atoms with Crippen LogP contribution in [0.3, 0.4) is 0 Å². The van der Waals surface area contributed by atoms with Crippen molar-refractivity contribution in [3.05, 3.63) is 0 Å². The molecule has 0 amide bonds. The van der Waals surface area contributed by atoms with Crippen LogP contribution in [0.25, 0.3) is 0 Å². The maximum atomic E-state index is 6.23. The van der Waals surface area contributed by atoms with Gasteiger partial charge in [0.1, 0.15) is 0 Å². The van der Waals surface area contributed by atoms with Gasteiger partial charge in [-0.25, -0.2) is 0 Å². The highest BCUT2D eigenvalue weighted by Gasteiger charge is 2.33. The van der Waals surface area contributed by atoms with Crippen LogP contribution in [-0.4, -0.2) is 38.0 Å². The Morgan fingerprint density at radius 1 is 1.06 bits per heavy atom. The molecular weight excluding hydrogens is 226 g/mol. The van der Waals surface area contributed by atoms with Gasteiger partial charge in [-0.3, -0.25) is 0 Å². The number of nitrogens with one attached hydrogen (secondary N) is 1. The Kier molecular flexibility index (Phi) is 6.61. The van der Waals surface area contributed by atoms with E-state index in [2.05, 4.69) is 26.1 Å². The summed E-state index contributed by atoms with van der Waals surface area (Å²) in [6, 6.07) is 0. The lowest BCUT2D eigenvalue weighted by molar-refractivity contribution is -0.0754. The topological polar surface area (TPSA) is 30.5 Å². The van der Waals surface area contributed by atoms with E-state index in [4.69, 9.17) is 9.47 Å². The quantitative estimate of drug-likeness (QED) is 0.711. The third kappa shape index (κ3) is 6.17. The normalized spacial score (nSPS) is 20.0. The molecule has 0 aromatic carbocycles. The highest BCUT2D eigenvalue weighted by Crippen LogP contribution is 2.31. The lowest BCUT2D eigenvalue weighted by Gasteiger charge is -2.39. The second-order valence-corrected chi connectivity index (χ2v) is 6.54. The maximum Gasteiger partial charge on any atom is 0.0806 e. The third-order valence-corrected chi connectivity index (χ3v) is 3.61. The monoisotopic (exact) mass is 257 g/mol. The van der Waals surface area contributed by atoms with E-state index in [1.807, 2.05) is 0 Å². The van der Waals surface area contributed by atoms with Gasteiger partial charge in [0.05, 0.1) is 5.60 Å². The molecule has 0 aromatic rings. The maximum absolute atomic E-state index is 6.23. The Bertz CT molecular complexity index is 217. The summed E-state index contributed by atoms with van der Waals surface area (Å²) < 4.78 is 11.3. The Labute approximate surface area is 113 Å². The van der Waals surface area contributed by atoms with Gasteiger partial charge in [0.2, 0.25) is 0 Å². The van der Waals surface area contributed by atoms with Gasteiger partial charge in [0, 0.05) is 32.4 Å². The highest BCUT2D eigenvalue weighted by molar-refractivity contribution is 4.89. The SMILES string of the molecule is COCCCOC1(CNC(C)(C)C)CCCCC1. The van der Waals surface area contributed by atoms with E-state index in [9.17, 15) is 0 Å². The first-order chi connectivity index (χ1) is 8.47. The first-order valence-corrected chi connectivity index (χ1v) is 7.35. The summed E-state index contributed by atoms with van der Waals surface area (Å²) in [6.45, 7) is 9.24. The standard InChI is InChI=1S/C15H31NO2/c1-14(2,3)16-13-15(9-6-5-7-10-15)18-12-8-11-17-4/h16H,5-13H2,1-4H3. The van der Waals surface area contributed by atoms with Crippen LogP contribution in [0.5, 0.6) is 0 Å². The second kappa shape index (κ2) is 7.46. The van der Waals surface area contributed by atoms with Crippen molar-refractivity contribution in [2.45, 2.75) is 70.4 Å². The molecule has 0 aromatic heterocycles. The zero-order chi connectivity index (χ0) is 13.5. The molecule has 1 N–H and O–H groups in total. The molecule has 1 aliphatic carbocycles. The summed E-state index contributed by atoms with van der Waals surface area (Å²) in [6.07, 6.45) is 7.35. The van der Waals surface area contributed by atoms with Crippen LogP contribution in [0.4, 0.5) is 0 Å². The van der Waals surface area contributed by atoms with Crippen molar-refractivity contribution in [1.29, 1.82) is 0 Å². The fourth-order valence-electron chi connectivity index (χ4n) is 2.49. The van der Waals surface area contributed by atoms with Gasteiger partial charge in [-0.05, 0) is 40.0 Å². The summed E-state index contributed by atoms with van der Waals surface area (Å²) >= 11 is 0. The van der Waals surface area contributed by atoms with Crippen molar-refractivity contribution in [1.82, 2.24) is 5.32 Å². The third-order valence-electron chi connectivity index (χ3n) is 3.61. The van der Waals surface area contributed by atoms with Crippen molar-refractivity contribution < 1.29 is 9.47 Å². The largest absolute Gasteiger partial charge is 0.385 e. The molecule has 1 saturated carbocycles. The van der Waals surface area contributed by atoms with Crippen LogP contribution >= 0.6 is 0 Å². The predicted octanol–water partition coefficient (Wildman–Crippen LogP) is 3.13.